The van der Waals surface area contributed by atoms with E-state index in [0.717, 1.165) is 28.4 Å². The summed E-state index contributed by atoms with van der Waals surface area (Å²) in [5, 5.41) is 8.44. The van der Waals surface area contributed by atoms with Crippen molar-refractivity contribution in [2.45, 2.75) is 19.6 Å². The van der Waals surface area contributed by atoms with Crippen LogP contribution < -0.4 is 24.3 Å². The molecule has 2 heterocycles. The Hall–Kier alpha value is -2.35. The second kappa shape index (κ2) is 9.64. The number of fused-ring (bicyclic) bond motifs is 1. The van der Waals surface area contributed by atoms with Gasteiger partial charge in [0.1, 0.15) is 0 Å². The van der Waals surface area contributed by atoms with Crippen LogP contribution >= 0.6 is 24.0 Å². The Morgan fingerprint density at radius 1 is 1.10 bits per heavy atom. The van der Waals surface area contributed by atoms with Gasteiger partial charge in [0.25, 0.3) is 0 Å². The van der Waals surface area contributed by atoms with Crippen LogP contribution in [0.3, 0.4) is 0 Å². The lowest BCUT2D eigenvalue weighted by Crippen LogP contribution is -2.27. The van der Waals surface area contributed by atoms with Crippen LogP contribution in [-0.2, 0) is 11.4 Å². The number of nitrogens with zero attached hydrogens (tertiary/aromatic N) is 1. The van der Waals surface area contributed by atoms with Crippen molar-refractivity contribution in [3.8, 4) is 23.0 Å². The topological polar surface area (TPSA) is 70.5 Å². The van der Waals surface area contributed by atoms with Gasteiger partial charge in [0.2, 0.25) is 18.3 Å². The highest BCUT2D eigenvalue weighted by Crippen LogP contribution is 2.52. The fourth-order valence-corrected chi connectivity index (χ4v) is 3.66. The lowest BCUT2D eigenvalue weighted by Gasteiger charge is -2.20. The number of halogens is 2. The molecular formula is C21H24Cl2N2O5. The highest BCUT2D eigenvalue weighted by Gasteiger charge is 2.37. The summed E-state index contributed by atoms with van der Waals surface area (Å²) < 4.78 is 22.2. The monoisotopic (exact) mass is 454 g/mol. The van der Waals surface area contributed by atoms with Gasteiger partial charge in [-0.1, -0.05) is 35.8 Å². The minimum atomic E-state index is -0.305. The van der Waals surface area contributed by atoms with E-state index in [1.165, 1.54) is 0 Å². The molecule has 7 nitrogen and oxygen atoms in total. The third-order valence-electron chi connectivity index (χ3n) is 5.13. The largest absolute Gasteiger partial charge is 0.493 e. The number of benzene rings is 2. The van der Waals surface area contributed by atoms with Gasteiger partial charge in [-0.05, 0) is 23.8 Å². The number of oxime groups is 1. The number of hydrogen-bond donors (Lipinski definition) is 1. The van der Waals surface area contributed by atoms with Crippen molar-refractivity contribution >= 4 is 29.7 Å². The molecule has 1 N–H and O–H groups in total. The van der Waals surface area contributed by atoms with E-state index in [9.17, 15) is 0 Å². The quantitative estimate of drug-likeness (QED) is 0.669. The molecule has 2 aliphatic heterocycles. The van der Waals surface area contributed by atoms with Crippen molar-refractivity contribution in [2.75, 3.05) is 27.6 Å². The fourth-order valence-electron chi connectivity index (χ4n) is 3.54. The Labute approximate surface area is 186 Å². The summed E-state index contributed by atoms with van der Waals surface area (Å²) in [5.74, 6) is 2.29. The normalized spacial score (nSPS) is 19.0. The summed E-state index contributed by atoms with van der Waals surface area (Å²) in [6, 6.07) is 9.63. The van der Waals surface area contributed by atoms with Crippen LogP contribution in [0.5, 0.6) is 23.0 Å². The van der Waals surface area contributed by atoms with E-state index in [2.05, 4.69) is 17.4 Å². The van der Waals surface area contributed by atoms with Gasteiger partial charge in [0.05, 0.1) is 19.9 Å². The van der Waals surface area contributed by atoms with Gasteiger partial charge in [-0.25, -0.2) is 0 Å². The maximum Gasteiger partial charge on any atom is 0.231 e. The van der Waals surface area contributed by atoms with E-state index in [0.29, 0.717) is 29.5 Å². The highest BCUT2D eigenvalue weighted by molar-refractivity contribution is 6.30. The molecule has 2 aromatic rings. The second-order valence-electron chi connectivity index (χ2n) is 6.89. The maximum atomic E-state index is 5.93. The summed E-state index contributed by atoms with van der Waals surface area (Å²) in [6.07, 6.45) is -0.305. The zero-order valence-electron chi connectivity index (χ0n) is 16.9. The van der Waals surface area contributed by atoms with Gasteiger partial charge in [0.15, 0.2) is 17.6 Å². The molecule has 0 bridgehead atoms. The van der Waals surface area contributed by atoms with Crippen molar-refractivity contribution in [3.63, 3.8) is 0 Å². The molecule has 0 spiro atoms. The van der Waals surface area contributed by atoms with E-state index in [1.807, 2.05) is 30.3 Å². The summed E-state index contributed by atoms with van der Waals surface area (Å²) in [4.78, 5) is 5.78. The lowest BCUT2D eigenvalue weighted by atomic mass is 9.92. The third-order valence-corrected chi connectivity index (χ3v) is 5.39. The van der Waals surface area contributed by atoms with E-state index in [4.69, 9.17) is 35.4 Å². The van der Waals surface area contributed by atoms with E-state index in [1.54, 1.807) is 14.2 Å². The van der Waals surface area contributed by atoms with Crippen LogP contribution in [0.15, 0.2) is 35.5 Å². The number of nitrogens with one attached hydrogen (secondary N) is 1. The van der Waals surface area contributed by atoms with Crippen LogP contribution in [-0.4, -0.2) is 33.3 Å². The molecule has 0 aromatic heterocycles. The number of methoxy groups -OCH3 is 2. The van der Waals surface area contributed by atoms with Crippen molar-refractivity contribution in [3.05, 3.63) is 46.5 Å². The Balaban J connectivity index is 0.00000256. The van der Waals surface area contributed by atoms with Gasteiger partial charge >= 0.3 is 0 Å². The number of hydrogen-bond acceptors (Lipinski definition) is 7. The zero-order chi connectivity index (χ0) is 20.4. The van der Waals surface area contributed by atoms with Gasteiger partial charge < -0.3 is 29.1 Å². The molecular weight excluding hydrogens is 431 g/mol. The van der Waals surface area contributed by atoms with Gasteiger partial charge in [-0.2, -0.15) is 0 Å². The Morgan fingerprint density at radius 2 is 1.83 bits per heavy atom. The molecule has 0 saturated heterocycles. The SMILES string of the molecule is COc1cc(C2ON=C(CNCc3ccc(Cl)cc3)C2C)c(OC)c2c1OCO2.Cl. The standard InChI is InChI=1S/C21H23ClN2O5.ClH/c1-12-16(10-23-9-13-4-6-14(22)7-5-13)24-29-18(12)15-8-17(25-2)20-21(19(15)26-3)28-11-27-20;/h4-8,12,18,23H,9-11H2,1-3H3;1H. The highest BCUT2D eigenvalue weighted by atomic mass is 35.5. The molecule has 2 aliphatic rings. The van der Waals surface area contributed by atoms with Gasteiger partial charge in [0, 0.05) is 29.6 Å². The zero-order valence-corrected chi connectivity index (χ0v) is 18.5. The van der Waals surface area contributed by atoms with Crippen LogP contribution in [0.25, 0.3) is 0 Å². The Bertz CT molecular complexity index is 921. The summed E-state index contributed by atoms with van der Waals surface area (Å²) in [7, 11) is 3.19. The minimum Gasteiger partial charge on any atom is -0.493 e. The molecule has 2 unspecified atom stereocenters. The molecule has 0 aliphatic carbocycles. The van der Waals surface area contributed by atoms with E-state index < -0.39 is 0 Å². The van der Waals surface area contributed by atoms with E-state index >= 15 is 0 Å². The van der Waals surface area contributed by atoms with Crippen molar-refractivity contribution < 1.29 is 23.8 Å². The first-order chi connectivity index (χ1) is 14.1. The fraction of sp³-hybridized carbons (Fsp3) is 0.381. The van der Waals surface area contributed by atoms with Crippen LogP contribution in [0.4, 0.5) is 0 Å². The smallest absolute Gasteiger partial charge is 0.231 e. The van der Waals surface area contributed by atoms with Crippen LogP contribution in [0, 0.1) is 5.92 Å². The molecule has 30 heavy (non-hydrogen) atoms. The molecule has 162 valence electrons. The predicted octanol–water partition coefficient (Wildman–Crippen LogP) is 4.36. The molecule has 0 radical (unpaired) electrons. The molecule has 0 saturated carbocycles. The average Bonchev–Trinajstić information content (AvgIpc) is 3.36. The van der Waals surface area contributed by atoms with E-state index in [-0.39, 0.29) is 31.2 Å². The first-order valence-corrected chi connectivity index (χ1v) is 9.72. The van der Waals surface area contributed by atoms with Gasteiger partial charge in [-0.15, -0.1) is 12.4 Å². The summed E-state index contributed by atoms with van der Waals surface area (Å²) >= 11 is 5.93. The molecule has 2 atom stereocenters. The van der Waals surface area contributed by atoms with Crippen molar-refractivity contribution in [1.82, 2.24) is 5.32 Å². The van der Waals surface area contributed by atoms with Crippen molar-refractivity contribution in [1.29, 1.82) is 0 Å². The summed E-state index contributed by atoms with van der Waals surface area (Å²) in [6.45, 7) is 3.54. The third kappa shape index (κ3) is 4.24. The van der Waals surface area contributed by atoms with Crippen LogP contribution in [0.2, 0.25) is 5.02 Å². The Kier molecular flexibility index (Phi) is 7.18. The number of rotatable bonds is 7. The summed E-state index contributed by atoms with van der Waals surface area (Å²) in [5.41, 5.74) is 2.90. The lowest BCUT2D eigenvalue weighted by molar-refractivity contribution is 0.0628. The molecule has 4 rings (SSSR count). The Morgan fingerprint density at radius 3 is 2.53 bits per heavy atom. The average molecular weight is 455 g/mol. The first kappa shape index (κ1) is 22.3. The van der Waals surface area contributed by atoms with Crippen LogP contribution in [0.1, 0.15) is 24.2 Å². The van der Waals surface area contributed by atoms with Crippen molar-refractivity contribution in [2.24, 2.45) is 11.1 Å². The molecule has 0 fully saturated rings. The molecule has 0 amide bonds. The second-order valence-corrected chi connectivity index (χ2v) is 7.33. The number of ether oxygens (including phenoxy) is 4. The predicted molar refractivity (Wildman–Crippen MR) is 117 cm³/mol. The minimum absolute atomic E-state index is 0. The van der Waals surface area contributed by atoms with Gasteiger partial charge in [-0.3, -0.25) is 0 Å². The molecule has 2 aromatic carbocycles. The molecule has 9 heteroatoms. The maximum absolute atomic E-state index is 5.93. The first-order valence-electron chi connectivity index (χ1n) is 9.34.